The molecule has 0 bridgehead atoms. The van der Waals surface area contributed by atoms with E-state index in [1.165, 1.54) is 17.2 Å². The number of aromatic hydroxyl groups is 1. The van der Waals surface area contributed by atoms with E-state index in [0.717, 1.165) is 31.9 Å². The third-order valence-electron chi connectivity index (χ3n) is 5.49. The zero-order valence-corrected chi connectivity index (χ0v) is 16.1. The number of hydrogen-bond donors (Lipinski definition) is 2. The van der Waals surface area contributed by atoms with Crippen LogP contribution in [0, 0.1) is 0 Å². The third kappa shape index (κ3) is 4.10. The molecule has 2 N–H and O–H groups in total. The normalized spacial score (nSPS) is 14.9. The number of carboxylic acids is 1. The van der Waals surface area contributed by atoms with Crippen molar-refractivity contribution >= 4 is 11.7 Å². The van der Waals surface area contributed by atoms with Gasteiger partial charge in [-0.1, -0.05) is 60.7 Å². The highest BCUT2D eigenvalue weighted by atomic mass is 16.4. The van der Waals surface area contributed by atoms with Crippen molar-refractivity contribution in [3.63, 3.8) is 0 Å². The van der Waals surface area contributed by atoms with Crippen molar-refractivity contribution in [2.75, 3.05) is 31.1 Å². The maximum Gasteiger partial charge on any atom is 0.339 e. The average molecular weight is 388 g/mol. The fraction of sp³-hybridized carbons (Fsp3) is 0.208. The number of hydrogen-bond acceptors (Lipinski definition) is 4. The molecule has 0 saturated carbocycles. The molecule has 4 rings (SSSR count). The van der Waals surface area contributed by atoms with Gasteiger partial charge in [0.25, 0.3) is 0 Å². The van der Waals surface area contributed by atoms with Gasteiger partial charge in [-0.15, -0.1) is 0 Å². The van der Waals surface area contributed by atoms with Crippen molar-refractivity contribution in [1.29, 1.82) is 0 Å². The van der Waals surface area contributed by atoms with Gasteiger partial charge in [-0.3, -0.25) is 4.90 Å². The van der Waals surface area contributed by atoms with Gasteiger partial charge >= 0.3 is 5.97 Å². The molecule has 1 fully saturated rings. The fourth-order valence-corrected chi connectivity index (χ4v) is 4.02. The van der Waals surface area contributed by atoms with Crippen LogP contribution in [0.3, 0.4) is 0 Å². The molecular formula is C24H24N2O3. The predicted octanol–water partition coefficient (Wildman–Crippen LogP) is 4.00. The molecule has 0 aliphatic carbocycles. The molecule has 0 amide bonds. The smallest absolute Gasteiger partial charge is 0.339 e. The molecule has 0 radical (unpaired) electrons. The second kappa shape index (κ2) is 8.37. The maximum absolute atomic E-state index is 11.3. The Balaban J connectivity index is 1.54. The zero-order valence-electron chi connectivity index (χ0n) is 16.1. The van der Waals surface area contributed by atoms with Gasteiger partial charge in [0.05, 0.1) is 6.04 Å². The summed E-state index contributed by atoms with van der Waals surface area (Å²) in [5.74, 6) is -1.32. The zero-order chi connectivity index (χ0) is 20.2. The lowest BCUT2D eigenvalue weighted by molar-refractivity contribution is 0.0693. The van der Waals surface area contributed by atoms with E-state index in [0.29, 0.717) is 0 Å². The van der Waals surface area contributed by atoms with Crippen LogP contribution in [0.15, 0.2) is 78.9 Å². The van der Waals surface area contributed by atoms with Crippen molar-refractivity contribution in [2.45, 2.75) is 6.04 Å². The van der Waals surface area contributed by atoms with Crippen LogP contribution in [0.25, 0.3) is 0 Å². The molecule has 0 spiro atoms. The van der Waals surface area contributed by atoms with Crippen LogP contribution in [0.2, 0.25) is 0 Å². The molecule has 3 aromatic rings. The summed E-state index contributed by atoms with van der Waals surface area (Å²) in [5.41, 5.74) is 3.31. The molecular weight excluding hydrogens is 364 g/mol. The fourth-order valence-electron chi connectivity index (χ4n) is 4.02. The van der Waals surface area contributed by atoms with Crippen LogP contribution < -0.4 is 4.90 Å². The van der Waals surface area contributed by atoms with Crippen LogP contribution in [0.4, 0.5) is 5.69 Å². The first-order chi connectivity index (χ1) is 14.1. The van der Waals surface area contributed by atoms with Gasteiger partial charge in [-0.25, -0.2) is 4.79 Å². The van der Waals surface area contributed by atoms with Crippen molar-refractivity contribution in [3.8, 4) is 5.75 Å². The first kappa shape index (κ1) is 19.0. The quantitative estimate of drug-likeness (QED) is 0.692. The molecule has 0 unspecified atom stereocenters. The topological polar surface area (TPSA) is 64.0 Å². The van der Waals surface area contributed by atoms with Gasteiger partial charge in [0.1, 0.15) is 11.3 Å². The lowest BCUT2D eigenvalue weighted by Gasteiger charge is -2.40. The van der Waals surface area contributed by atoms with Crippen molar-refractivity contribution in [2.24, 2.45) is 0 Å². The number of piperazine rings is 1. The molecule has 1 saturated heterocycles. The number of anilines is 1. The van der Waals surface area contributed by atoms with Gasteiger partial charge < -0.3 is 15.1 Å². The number of carboxylic acid groups (broad SMARTS) is 1. The van der Waals surface area contributed by atoms with E-state index in [1.807, 2.05) is 12.1 Å². The van der Waals surface area contributed by atoms with Crippen LogP contribution in [-0.4, -0.2) is 47.3 Å². The van der Waals surface area contributed by atoms with Crippen molar-refractivity contribution in [3.05, 3.63) is 95.6 Å². The van der Waals surface area contributed by atoms with Crippen molar-refractivity contribution < 1.29 is 15.0 Å². The number of phenols is 1. The number of aromatic carboxylic acids is 1. The van der Waals surface area contributed by atoms with Crippen LogP contribution >= 0.6 is 0 Å². The summed E-state index contributed by atoms with van der Waals surface area (Å²) < 4.78 is 0. The standard InChI is InChI=1S/C24H24N2O3/c27-22-12-11-20(17-21(22)24(28)29)25-13-15-26(16-14-25)23(18-7-3-1-4-8-18)19-9-5-2-6-10-19/h1-12,17,23,27H,13-16H2,(H,28,29). The molecule has 3 aromatic carbocycles. The van der Waals surface area contributed by atoms with E-state index in [1.54, 1.807) is 12.1 Å². The molecule has 5 nitrogen and oxygen atoms in total. The SMILES string of the molecule is O=C(O)c1cc(N2CCN(C(c3ccccc3)c3ccccc3)CC2)ccc1O. The molecule has 0 atom stereocenters. The lowest BCUT2D eigenvalue weighted by Crippen LogP contribution is -2.48. The summed E-state index contributed by atoms with van der Waals surface area (Å²) in [7, 11) is 0. The highest BCUT2D eigenvalue weighted by Gasteiger charge is 2.27. The summed E-state index contributed by atoms with van der Waals surface area (Å²) in [6.07, 6.45) is 0. The molecule has 1 aliphatic heterocycles. The average Bonchev–Trinajstić information content (AvgIpc) is 2.76. The minimum atomic E-state index is -1.11. The first-order valence-electron chi connectivity index (χ1n) is 9.78. The van der Waals surface area contributed by atoms with Crippen LogP contribution in [0.1, 0.15) is 27.5 Å². The second-order valence-electron chi connectivity index (χ2n) is 7.25. The van der Waals surface area contributed by atoms with E-state index in [9.17, 15) is 15.0 Å². The summed E-state index contributed by atoms with van der Waals surface area (Å²) in [6.45, 7) is 3.30. The number of benzene rings is 3. The Labute approximate surface area is 170 Å². The van der Waals surface area contributed by atoms with E-state index in [4.69, 9.17) is 0 Å². The van der Waals surface area contributed by atoms with E-state index >= 15 is 0 Å². The minimum absolute atomic E-state index is 0.0589. The Hall–Kier alpha value is -3.31. The summed E-state index contributed by atoms with van der Waals surface area (Å²) in [4.78, 5) is 16.0. The molecule has 29 heavy (non-hydrogen) atoms. The van der Waals surface area contributed by atoms with E-state index in [-0.39, 0.29) is 17.4 Å². The Morgan fingerprint density at radius 2 is 1.34 bits per heavy atom. The van der Waals surface area contributed by atoms with Crippen molar-refractivity contribution in [1.82, 2.24) is 4.90 Å². The second-order valence-corrected chi connectivity index (χ2v) is 7.25. The molecule has 5 heteroatoms. The first-order valence-corrected chi connectivity index (χ1v) is 9.78. The van der Waals surface area contributed by atoms with Gasteiger partial charge in [0.15, 0.2) is 0 Å². The van der Waals surface area contributed by atoms with Gasteiger partial charge in [-0.2, -0.15) is 0 Å². The van der Waals surface area contributed by atoms with E-state index in [2.05, 4.69) is 58.3 Å². The van der Waals surface area contributed by atoms with Gasteiger partial charge in [0, 0.05) is 31.9 Å². The van der Waals surface area contributed by atoms with Gasteiger partial charge in [0.2, 0.25) is 0 Å². The highest BCUT2D eigenvalue weighted by molar-refractivity contribution is 5.92. The molecule has 1 aliphatic rings. The molecule has 1 heterocycles. The predicted molar refractivity (Wildman–Crippen MR) is 114 cm³/mol. The Bertz CT molecular complexity index is 928. The largest absolute Gasteiger partial charge is 0.507 e. The number of carbonyl (C=O) groups is 1. The Morgan fingerprint density at radius 3 is 1.86 bits per heavy atom. The minimum Gasteiger partial charge on any atom is -0.507 e. The Kier molecular flexibility index (Phi) is 5.49. The number of rotatable bonds is 5. The van der Waals surface area contributed by atoms with Gasteiger partial charge in [-0.05, 0) is 29.3 Å². The van der Waals surface area contributed by atoms with Crippen LogP contribution in [0.5, 0.6) is 5.75 Å². The summed E-state index contributed by atoms with van der Waals surface area (Å²) >= 11 is 0. The maximum atomic E-state index is 11.3. The summed E-state index contributed by atoms with van der Waals surface area (Å²) in [5, 5.41) is 19.0. The molecule has 148 valence electrons. The summed E-state index contributed by atoms with van der Waals surface area (Å²) in [6, 6.07) is 26.0. The third-order valence-corrected chi connectivity index (χ3v) is 5.49. The Morgan fingerprint density at radius 1 is 0.793 bits per heavy atom. The number of nitrogens with zero attached hydrogens (tertiary/aromatic N) is 2. The lowest BCUT2D eigenvalue weighted by atomic mass is 9.96. The van der Waals surface area contributed by atoms with Crippen LogP contribution in [-0.2, 0) is 0 Å². The monoisotopic (exact) mass is 388 g/mol. The highest BCUT2D eigenvalue weighted by Crippen LogP contribution is 2.31. The molecule has 0 aromatic heterocycles. The van der Waals surface area contributed by atoms with E-state index < -0.39 is 5.97 Å².